The van der Waals surface area contributed by atoms with Crippen molar-refractivity contribution < 1.29 is 29.6 Å². The van der Waals surface area contributed by atoms with E-state index in [9.17, 15) is 20.1 Å². The number of amides is 1. The molecule has 0 aromatic carbocycles. The third-order valence-electron chi connectivity index (χ3n) is 4.07. The van der Waals surface area contributed by atoms with Gasteiger partial charge in [0, 0.05) is 39.8 Å². The number of hydrogen-bond donors (Lipinski definition) is 4. The Labute approximate surface area is 131 Å². The van der Waals surface area contributed by atoms with Crippen molar-refractivity contribution in [3.8, 4) is 0 Å². The molecule has 1 amide bonds. The quantitative estimate of drug-likeness (QED) is 0.424. The molecule has 1 aliphatic carbocycles. The highest BCUT2D eigenvalue weighted by molar-refractivity contribution is 5.73. The van der Waals surface area contributed by atoms with E-state index in [0.717, 1.165) is 25.9 Å². The Kier molecular flexibility index (Phi) is 8.89. The van der Waals surface area contributed by atoms with Crippen LogP contribution in [0.15, 0.2) is 0 Å². The lowest BCUT2D eigenvalue weighted by Crippen LogP contribution is -2.61. The highest BCUT2D eigenvalue weighted by Crippen LogP contribution is 2.28. The minimum atomic E-state index is -1.15. The average Bonchev–Trinajstić information content (AvgIpc) is 2.49. The normalized spacial score (nSPS) is 32.0. The molecule has 1 rings (SSSR count). The van der Waals surface area contributed by atoms with E-state index in [-0.39, 0.29) is 12.5 Å². The van der Waals surface area contributed by atoms with Crippen molar-refractivity contribution in [1.29, 1.82) is 0 Å². The zero-order valence-corrected chi connectivity index (χ0v) is 13.4. The molecule has 0 heterocycles. The van der Waals surface area contributed by atoms with Crippen molar-refractivity contribution in [3.05, 3.63) is 0 Å². The van der Waals surface area contributed by atoms with Gasteiger partial charge in [-0.25, -0.2) is 0 Å². The van der Waals surface area contributed by atoms with E-state index in [0.29, 0.717) is 13.0 Å². The summed E-state index contributed by atoms with van der Waals surface area (Å²) in [5.41, 5.74) is 0. The number of rotatable bonds is 9. The van der Waals surface area contributed by atoms with Gasteiger partial charge in [0.15, 0.2) is 0 Å². The van der Waals surface area contributed by atoms with Crippen molar-refractivity contribution in [1.82, 2.24) is 5.32 Å². The number of methoxy groups -OCH3 is 1. The third kappa shape index (κ3) is 5.81. The van der Waals surface area contributed by atoms with E-state index in [1.54, 1.807) is 7.11 Å². The van der Waals surface area contributed by atoms with Gasteiger partial charge in [-0.1, -0.05) is 0 Å². The minimum absolute atomic E-state index is 0.223. The van der Waals surface area contributed by atoms with E-state index in [1.807, 2.05) is 0 Å². The number of unbranched alkanes of at least 4 members (excludes halogenated alkanes) is 2. The van der Waals surface area contributed by atoms with Crippen LogP contribution in [0.1, 0.15) is 32.6 Å². The first-order valence-corrected chi connectivity index (χ1v) is 7.85. The van der Waals surface area contributed by atoms with Gasteiger partial charge in [-0.3, -0.25) is 4.79 Å². The average molecular weight is 319 g/mol. The second kappa shape index (κ2) is 10.1. The molecule has 0 aromatic heterocycles. The molecular formula is C15H29NO6. The Hall–Kier alpha value is -0.730. The number of carbonyl (C=O) groups is 1. The maximum absolute atomic E-state index is 11.3. The van der Waals surface area contributed by atoms with E-state index in [4.69, 9.17) is 9.47 Å². The summed E-state index contributed by atoms with van der Waals surface area (Å²) in [5.74, 6) is -0.731. The van der Waals surface area contributed by atoms with Crippen LogP contribution >= 0.6 is 0 Å². The van der Waals surface area contributed by atoms with E-state index in [1.165, 1.54) is 6.92 Å². The second-order valence-electron chi connectivity index (χ2n) is 5.85. The van der Waals surface area contributed by atoms with Crippen LogP contribution in [-0.2, 0) is 14.3 Å². The van der Waals surface area contributed by atoms with Crippen LogP contribution in [0.3, 0.4) is 0 Å². The van der Waals surface area contributed by atoms with Gasteiger partial charge in [-0.05, 0) is 25.7 Å². The van der Waals surface area contributed by atoms with Crippen LogP contribution in [0, 0.1) is 5.92 Å². The number of carbonyl (C=O) groups excluding carboxylic acids is 1. The summed E-state index contributed by atoms with van der Waals surface area (Å²) in [6.45, 7) is 2.36. The lowest BCUT2D eigenvalue weighted by molar-refractivity contribution is -0.142. The van der Waals surface area contributed by atoms with Crippen LogP contribution in [-0.4, -0.2) is 72.5 Å². The predicted octanol–water partition coefficient (Wildman–Crippen LogP) is -0.573. The number of aliphatic hydroxyl groups is 3. The van der Waals surface area contributed by atoms with Crippen molar-refractivity contribution in [2.24, 2.45) is 5.92 Å². The summed E-state index contributed by atoms with van der Waals surface area (Å²) >= 11 is 0. The van der Waals surface area contributed by atoms with Crippen molar-refractivity contribution >= 4 is 5.91 Å². The van der Waals surface area contributed by atoms with Crippen molar-refractivity contribution in [2.75, 3.05) is 26.9 Å². The van der Waals surface area contributed by atoms with Crippen molar-refractivity contribution in [3.63, 3.8) is 0 Å². The molecule has 1 fully saturated rings. The Bertz CT molecular complexity index is 327. The van der Waals surface area contributed by atoms with Gasteiger partial charge in [-0.2, -0.15) is 0 Å². The lowest BCUT2D eigenvalue weighted by Gasteiger charge is -2.42. The number of aliphatic hydroxyl groups excluding tert-OH is 3. The maximum atomic E-state index is 11.3. The summed E-state index contributed by atoms with van der Waals surface area (Å²) in [6.07, 6.45) is 0.561. The van der Waals surface area contributed by atoms with Gasteiger partial charge in [0.2, 0.25) is 5.91 Å². The molecule has 0 aromatic rings. The second-order valence-corrected chi connectivity index (χ2v) is 5.85. The standard InChI is InChI=1S/C15H29NO6/c1-10(18)16-13-12(22-7-5-3-4-6-21-2)8-11(9-17)14(19)15(13)20/h11-15,17,19-20H,3-9H2,1-2H3,(H,16,18). The largest absolute Gasteiger partial charge is 0.396 e. The number of nitrogens with one attached hydrogen (secondary N) is 1. The molecule has 0 saturated heterocycles. The zero-order chi connectivity index (χ0) is 16.5. The van der Waals surface area contributed by atoms with Gasteiger partial charge in [0.25, 0.3) is 0 Å². The molecule has 7 nitrogen and oxygen atoms in total. The molecule has 0 spiro atoms. The van der Waals surface area contributed by atoms with E-state index in [2.05, 4.69) is 5.32 Å². The zero-order valence-electron chi connectivity index (χ0n) is 13.4. The van der Waals surface area contributed by atoms with Crippen LogP contribution in [0.5, 0.6) is 0 Å². The van der Waals surface area contributed by atoms with Gasteiger partial charge in [-0.15, -0.1) is 0 Å². The summed E-state index contributed by atoms with van der Waals surface area (Å²) < 4.78 is 10.8. The molecule has 5 atom stereocenters. The number of ether oxygens (including phenoxy) is 2. The Morgan fingerprint density at radius 3 is 2.45 bits per heavy atom. The molecule has 5 unspecified atom stereocenters. The third-order valence-corrected chi connectivity index (χ3v) is 4.07. The number of hydrogen-bond acceptors (Lipinski definition) is 6. The molecule has 1 aliphatic rings. The SMILES string of the molecule is COCCCCCOC1CC(CO)C(O)C(O)C1NC(C)=O. The van der Waals surface area contributed by atoms with Crippen LogP contribution in [0.4, 0.5) is 0 Å². The smallest absolute Gasteiger partial charge is 0.217 e. The molecule has 0 aliphatic heterocycles. The Morgan fingerprint density at radius 1 is 1.18 bits per heavy atom. The van der Waals surface area contributed by atoms with E-state index >= 15 is 0 Å². The fourth-order valence-corrected chi connectivity index (χ4v) is 2.82. The summed E-state index contributed by atoms with van der Waals surface area (Å²) in [4.78, 5) is 11.3. The molecule has 22 heavy (non-hydrogen) atoms. The first kappa shape index (κ1) is 19.3. The van der Waals surface area contributed by atoms with Gasteiger partial charge >= 0.3 is 0 Å². The predicted molar refractivity (Wildman–Crippen MR) is 80.3 cm³/mol. The Morgan fingerprint density at radius 2 is 1.86 bits per heavy atom. The Balaban J connectivity index is 2.52. The van der Waals surface area contributed by atoms with Crippen molar-refractivity contribution in [2.45, 2.75) is 57.0 Å². The van der Waals surface area contributed by atoms with Gasteiger partial charge in [0.1, 0.15) is 6.10 Å². The molecular weight excluding hydrogens is 290 g/mol. The summed E-state index contributed by atoms with van der Waals surface area (Å²) in [5, 5.41) is 32.1. The summed E-state index contributed by atoms with van der Waals surface area (Å²) in [7, 11) is 1.66. The van der Waals surface area contributed by atoms with Crippen LogP contribution in [0.25, 0.3) is 0 Å². The first-order valence-electron chi connectivity index (χ1n) is 7.85. The van der Waals surface area contributed by atoms with Crippen LogP contribution in [0.2, 0.25) is 0 Å². The van der Waals surface area contributed by atoms with Gasteiger partial charge < -0.3 is 30.1 Å². The molecule has 0 radical (unpaired) electrons. The monoisotopic (exact) mass is 319 g/mol. The van der Waals surface area contributed by atoms with E-state index < -0.39 is 30.3 Å². The molecule has 7 heteroatoms. The highest BCUT2D eigenvalue weighted by Gasteiger charge is 2.44. The minimum Gasteiger partial charge on any atom is -0.396 e. The summed E-state index contributed by atoms with van der Waals surface area (Å²) in [6, 6.07) is -0.658. The molecule has 0 bridgehead atoms. The lowest BCUT2D eigenvalue weighted by atomic mass is 9.79. The molecule has 130 valence electrons. The maximum Gasteiger partial charge on any atom is 0.217 e. The fraction of sp³-hybridized carbons (Fsp3) is 0.933. The first-order chi connectivity index (χ1) is 10.5. The fourth-order valence-electron chi connectivity index (χ4n) is 2.82. The molecule has 1 saturated carbocycles. The van der Waals surface area contributed by atoms with Crippen LogP contribution < -0.4 is 5.32 Å². The topological polar surface area (TPSA) is 108 Å². The highest BCUT2D eigenvalue weighted by atomic mass is 16.5. The molecule has 4 N–H and O–H groups in total. The van der Waals surface area contributed by atoms with Gasteiger partial charge in [0.05, 0.1) is 18.2 Å².